The number of carbonyl (C=O) groups excluding carboxylic acids is 1. The van der Waals surface area contributed by atoms with Gasteiger partial charge in [0.05, 0.1) is 18.4 Å². The minimum atomic E-state index is -1.54. The van der Waals surface area contributed by atoms with Gasteiger partial charge >= 0.3 is 11.9 Å². The first-order valence-corrected chi connectivity index (χ1v) is 10.9. The van der Waals surface area contributed by atoms with Crippen LogP contribution in [0.1, 0.15) is 65.7 Å². The van der Waals surface area contributed by atoms with Crippen molar-refractivity contribution in [2.24, 2.45) is 23.7 Å². The van der Waals surface area contributed by atoms with Crippen molar-refractivity contribution in [2.45, 2.75) is 84.1 Å². The van der Waals surface area contributed by atoms with Gasteiger partial charge in [-0.15, -0.1) is 0 Å². The third kappa shape index (κ3) is 6.66. The van der Waals surface area contributed by atoms with Crippen molar-refractivity contribution in [3.8, 4) is 0 Å². The maximum absolute atomic E-state index is 13.7. The molecule has 1 unspecified atom stereocenters. The highest BCUT2D eigenvalue weighted by Gasteiger charge is 2.40. The van der Waals surface area contributed by atoms with Crippen molar-refractivity contribution < 1.29 is 28.9 Å². The topological polar surface area (TPSA) is 83.8 Å². The number of rotatable bonds is 10. The lowest BCUT2D eigenvalue weighted by Crippen LogP contribution is -2.40. The number of aliphatic hydroxyl groups is 1. The van der Waals surface area contributed by atoms with Crippen LogP contribution in [0.3, 0.4) is 0 Å². The number of halogens is 1. The largest absolute Gasteiger partial charge is 0.481 e. The fourth-order valence-corrected chi connectivity index (χ4v) is 4.46. The average molecular weight is 411 g/mol. The summed E-state index contributed by atoms with van der Waals surface area (Å²) < 4.78 is 19.6. The molecule has 2 rings (SSSR count). The number of aliphatic hydroxyl groups excluding tert-OH is 1. The highest BCUT2D eigenvalue weighted by Crippen LogP contribution is 2.44. The molecule has 0 amide bonds. The van der Waals surface area contributed by atoms with Crippen LogP contribution in [0.2, 0.25) is 0 Å². The quantitative estimate of drug-likeness (QED) is 0.520. The van der Waals surface area contributed by atoms with Gasteiger partial charge in [-0.2, -0.15) is 0 Å². The molecule has 0 spiro atoms. The lowest BCUT2D eigenvalue weighted by Gasteiger charge is -2.42. The van der Waals surface area contributed by atoms with Crippen molar-refractivity contribution >= 4 is 11.9 Å². The predicted molar refractivity (Wildman–Crippen MR) is 109 cm³/mol. The molecular formula is C23H35FO5. The van der Waals surface area contributed by atoms with Crippen LogP contribution in [0.5, 0.6) is 0 Å². The molecule has 164 valence electrons. The molecule has 6 heteroatoms. The Morgan fingerprint density at radius 2 is 2.10 bits per heavy atom. The number of fused-ring (bicyclic) bond motifs is 1. The van der Waals surface area contributed by atoms with Gasteiger partial charge in [-0.1, -0.05) is 39.0 Å². The second-order valence-electron chi connectivity index (χ2n) is 8.64. The Balaban J connectivity index is 2.03. The van der Waals surface area contributed by atoms with E-state index < -0.39 is 24.7 Å². The van der Waals surface area contributed by atoms with Crippen LogP contribution in [0.25, 0.3) is 0 Å². The summed E-state index contributed by atoms with van der Waals surface area (Å²) in [6.45, 7) is 5.97. The average Bonchev–Trinajstić information content (AvgIpc) is 2.66. The number of carboxylic acid groups (broad SMARTS) is 1. The first-order chi connectivity index (χ1) is 13.7. The predicted octanol–water partition coefficient (Wildman–Crippen LogP) is 4.45. The number of hydrogen-bond acceptors (Lipinski definition) is 4. The van der Waals surface area contributed by atoms with E-state index in [-0.39, 0.29) is 42.2 Å². The normalized spacial score (nSPS) is 29.3. The van der Waals surface area contributed by atoms with E-state index in [1.165, 1.54) is 5.57 Å². The van der Waals surface area contributed by atoms with Gasteiger partial charge in [0.1, 0.15) is 12.3 Å². The zero-order valence-corrected chi connectivity index (χ0v) is 17.7. The molecule has 2 aliphatic rings. The van der Waals surface area contributed by atoms with E-state index in [9.17, 15) is 19.1 Å². The van der Waals surface area contributed by atoms with Gasteiger partial charge in [-0.3, -0.25) is 9.59 Å². The molecule has 2 aliphatic carbocycles. The third-order valence-electron chi connectivity index (χ3n) is 6.38. The lowest BCUT2D eigenvalue weighted by atomic mass is 9.66. The van der Waals surface area contributed by atoms with Crippen LogP contribution in [-0.4, -0.2) is 40.5 Å². The molecule has 0 saturated heterocycles. The minimum absolute atomic E-state index is 0.0872. The molecule has 0 heterocycles. The van der Waals surface area contributed by atoms with E-state index >= 15 is 0 Å². The summed E-state index contributed by atoms with van der Waals surface area (Å²) in [5.74, 6) is -0.950. The van der Waals surface area contributed by atoms with Crippen LogP contribution in [-0.2, 0) is 14.3 Å². The molecule has 2 N–H and O–H groups in total. The summed E-state index contributed by atoms with van der Waals surface area (Å²) >= 11 is 0. The fraction of sp³-hybridized carbons (Fsp3) is 0.739. The molecule has 5 nitrogen and oxygen atoms in total. The van der Waals surface area contributed by atoms with Crippen molar-refractivity contribution in [3.05, 3.63) is 23.8 Å². The van der Waals surface area contributed by atoms with Crippen LogP contribution in [0, 0.1) is 23.7 Å². The van der Waals surface area contributed by atoms with Gasteiger partial charge in [0.2, 0.25) is 0 Å². The molecule has 0 bridgehead atoms. The highest BCUT2D eigenvalue weighted by atomic mass is 19.1. The molecule has 0 aromatic carbocycles. The van der Waals surface area contributed by atoms with E-state index in [0.29, 0.717) is 12.8 Å². The number of ether oxygens (including phenoxy) is 1. The van der Waals surface area contributed by atoms with Gasteiger partial charge in [0.25, 0.3) is 0 Å². The van der Waals surface area contributed by atoms with Gasteiger partial charge in [0.15, 0.2) is 0 Å². The molecule has 0 aromatic heterocycles. The number of carboxylic acids is 1. The Kier molecular flexibility index (Phi) is 8.87. The van der Waals surface area contributed by atoms with Crippen LogP contribution in [0.15, 0.2) is 23.8 Å². The summed E-state index contributed by atoms with van der Waals surface area (Å²) in [4.78, 5) is 23.0. The van der Waals surface area contributed by atoms with Gasteiger partial charge < -0.3 is 14.9 Å². The molecule has 29 heavy (non-hydrogen) atoms. The zero-order valence-electron chi connectivity index (χ0n) is 17.7. The first-order valence-electron chi connectivity index (χ1n) is 10.9. The lowest BCUT2D eigenvalue weighted by molar-refractivity contribution is -0.158. The van der Waals surface area contributed by atoms with Gasteiger partial charge in [-0.05, 0) is 49.5 Å². The number of allylic oxidation sites excluding steroid dienone is 3. The summed E-state index contributed by atoms with van der Waals surface area (Å²) in [5.41, 5.74) is 1.19. The van der Waals surface area contributed by atoms with E-state index in [2.05, 4.69) is 25.2 Å². The summed E-state index contributed by atoms with van der Waals surface area (Å²) in [6.07, 6.45) is 6.62. The van der Waals surface area contributed by atoms with Gasteiger partial charge in [0, 0.05) is 12.3 Å². The van der Waals surface area contributed by atoms with E-state index in [4.69, 9.17) is 9.84 Å². The smallest absolute Gasteiger partial charge is 0.308 e. The molecule has 0 fully saturated rings. The maximum atomic E-state index is 13.7. The second-order valence-corrected chi connectivity index (χ2v) is 8.64. The Morgan fingerprint density at radius 1 is 1.38 bits per heavy atom. The van der Waals surface area contributed by atoms with E-state index in [0.717, 1.165) is 19.3 Å². The van der Waals surface area contributed by atoms with Gasteiger partial charge in [-0.25, -0.2) is 4.39 Å². The van der Waals surface area contributed by atoms with Crippen LogP contribution in [0.4, 0.5) is 4.39 Å². The molecule has 0 saturated carbocycles. The second kappa shape index (κ2) is 10.9. The third-order valence-corrected chi connectivity index (χ3v) is 6.38. The van der Waals surface area contributed by atoms with Crippen LogP contribution < -0.4 is 0 Å². The van der Waals surface area contributed by atoms with Crippen molar-refractivity contribution in [1.82, 2.24) is 0 Å². The first kappa shape index (κ1) is 23.6. The molecule has 7 atom stereocenters. The SMILES string of the molecule is CC[C@H](C)C(=O)O[C@H]1CCC=C2C=C[C@H](C)[C@H](CC[C@@H](O)C[C@H](F)CC(=O)O)C21. The molecule has 0 aromatic rings. The summed E-state index contributed by atoms with van der Waals surface area (Å²) in [6, 6.07) is 0. The Hall–Kier alpha value is -1.69. The number of hydrogen-bond donors (Lipinski definition) is 2. The fourth-order valence-electron chi connectivity index (χ4n) is 4.46. The number of alkyl halides is 1. The van der Waals surface area contributed by atoms with Crippen LogP contribution >= 0.6 is 0 Å². The Morgan fingerprint density at radius 3 is 2.76 bits per heavy atom. The number of aliphatic carboxylic acids is 1. The number of esters is 1. The highest BCUT2D eigenvalue weighted by molar-refractivity contribution is 5.72. The number of carbonyl (C=O) groups is 2. The molecule has 0 aliphatic heterocycles. The molecular weight excluding hydrogens is 375 g/mol. The van der Waals surface area contributed by atoms with Crippen molar-refractivity contribution in [1.29, 1.82) is 0 Å². The minimum Gasteiger partial charge on any atom is -0.481 e. The summed E-state index contributed by atoms with van der Waals surface area (Å²) in [5, 5.41) is 18.9. The standard InChI is InChI=1S/C23H35FO5/c1-4-14(2)23(28)29-20-7-5-6-16-9-8-15(3)19(22(16)20)11-10-18(25)12-17(24)13-21(26)27/h6,8-9,14-15,17-20,22,25H,4-5,7,10-13H2,1-3H3,(H,26,27)/t14-,15-,17-,18+,19-,20-,22?/m0/s1. The molecule has 0 radical (unpaired) electrons. The zero-order chi connectivity index (χ0) is 21.6. The Bertz CT molecular complexity index is 629. The monoisotopic (exact) mass is 410 g/mol. The van der Waals surface area contributed by atoms with Crippen molar-refractivity contribution in [2.75, 3.05) is 0 Å². The summed E-state index contributed by atoms with van der Waals surface area (Å²) in [7, 11) is 0. The van der Waals surface area contributed by atoms with Crippen molar-refractivity contribution in [3.63, 3.8) is 0 Å². The van der Waals surface area contributed by atoms with E-state index in [1.54, 1.807) is 0 Å². The van der Waals surface area contributed by atoms with E-state index in [1.807, 2.05) is 13.8 Å². The Labute approximate surface area is 173 Å². The maximum Gasteiger partial charge on any atom is 0.308 e.